The van der Waals surface area contributed by atoms with E-state index >= 15 is 0 Å². The van der Waals surface area contributed by atoms with Crippen molar-refractivity contribution in [1.82, 2.24) is 4.31 Å². The molecule has 0 aromatic heterocycles. The van der Waals surface area contributed by atoms with Gasteiger partial charge in [-0.25, -0.2) is 8.42 Å². The van der Waals surface area contributed by atoms with Crippen LogP contribution in [0.2, 0.25) is 0 Å². The van der Waals surface area contributed by atoms with Crippen LogP contribution in [0.3, 0.4) is 0 Å². The molecule has 1 fully saturated rings. The third-order valence-corrected chi connectivity index (χ3v) is 7.80. The number of piperazine rings is 1. The Kier molecular flexibility index (Phi) is 5.46. The summed E-state index contributed by atoms with van der Waals surface area (Å²) >= 11 is 0. The maximum absolute atomic E-state index is 13.2. The second kappa shape index (κ2) is 7.92. The number of ether oxygens (including phenoxy) is 1. The Hall–Kier alpha value is -2.58. The average molecular weight is 430 g/mol. The quantitative estimate of drug-likeness (QED) is 0.747. The summed E-state index contributed by atoms with van der Waals surface area (Å²) in [5.74, 6) is 0.764. The highest BCUT2D eigenvalue weighted by Gasteiger charge is 2.33. The number of amides is 1. The summed E-state index contributed by atoms with van der Waals surface area (Å²) in [7, 11) is -1.94. The number of carbonyl (C=O) groups excluding carboxylic acids is 1. The number of rotatable bonds is 4. The third-order valence-electron chi connectivity index (χ3n) is 5.90. The number of hydrogen-bond donors (Lipinski definition) is 0. The molecule has 2 aliphatic rings. The van der Waals surface area contributed by atoms with Crippen LogP contribution in [-0.2, 0) is 21.2 Å². The van der Waals surface area contributed by atoms with Crippen LogP contribution in [0, 0.1) is 0 Å². The lowest BCUT2D eigenvalue weighted by atomic mass is 10.1. The van der Waals surface area contributed by atoms with Crippen molar-refractivity contribution in [3.8, 4) is 5.75 Å². The molecule has 1 saturated heterocycles. The number of nitrogens with zero attached hydrogens (tertiary/aromatic N) is 3. The van der Waals surface area contributed by atoms with Gasteiger partial charge in [0.05, 0.1) is 12.0 Å². The number of methoxy groups -OCH3 is 1. The molecule has 7 nitrogen and oxygen atoms in total. The standard InChI is InChI=1S/C22H27N3O4S/c1-16-13-18-14-21(7-8-22(18)25(16)17(2)26)30(27,28)24-11-9-23(10-12-24)19-5-4-6-20(15-19)29-3/h4-8,14-16H,9-13H2,1-3H3. The third kappa shape index (κ3) is 3.65. The first-order valence-corrected chi connectivity index (χ1v) is 11.6. The van der Waals surface area contributed by atoms with Crippen LogP contribution in [0.15, 0.2) is 47.4 Å². The summed E-state index contributed by atoms with van der Waals surface area (Å²) in [5.41, 5.74) is 2.76. The Balaban J connectivity index is 1.50. The highest BCUT2D eigenvalue weighted by Crippen LogP contribution is 2.34. The SMILES string of the molecule is COc1cccc(N2CCN(S(=O)(=O)c3ccc4c(c3)CC(C)N4C(C)=O)CC2)c1. The minimum absolute atomic E-state index is 0.0227. The molecule has 2 aromatic carbocycles. The van der Waals surface area contributed by atoms with Gasteiger partial charge in [0.1, 0.15) is 5.75 Å². The van der Waals surface area contributed by atoms with Crippen LogP contribution in [0.25, 0.3) is 0 Å². The van der Waals surface area contributed by atoms with E-state index in [0.29, 0.717) is 37.5 Å². The highest BCUT2D eigenvalue weighted by atomic mass is 32.2. The second-order valence-electron chi connectivity index (χ2n) is 7.83. The fourth-order valence-electron chi connectivity index (χ4n) is 4.39. The van der Waals surface area contributed by atoms with Gasteiger partial charge in [-0.3, -0.25) is 4.79 Å². The maximum Gasteiger partial charge on any atom is 0.243 e. The maximum atomic E-state index is 13.2. The molecular weight excluding hydrogens is 402 g/mol. The number of carbonyl (C=O) groups is 1. The summed E-state index contributed by atoms with van der Waals surface area (Å²) in [4.78, 5) is 16.1. The number of hydrogen-bond acceptors (Lipinski definition) is 5. The van der Waals surface area contributed by atoms with Crippen molar-refractivity contribution in [3.63, 3.8) is 0 Å². The summed E-state index contributed by atoms with van der Waals surface area (Å²) in [6, 6.07) is 13.0. The van der Waals surface area contributed by atoms with Gasteiger partial charge in [-0.15, -0.1) is 0 Å². The van der Waals surface area contributed by atoms with Crippen molar-refractivity contribution < 1.29 is 17.9 Å². The van der Waals surface area contributed by atoms with Crippen LogP contribution < -0.4 is 14.5 Å². The normalized spacial score (nSPS) is 19.6. The van der Waals surface area contributed by atoms with Gasteiger partial charge in [0.15, 0.2) is 0 Å². The van der Waals surface area contributed by atoms with Crippen molar-refractivity contribution in [3.05, 3.63) is 48.0 Å². The monoisotopic (exact) mass is 429 g/mol. The molecule has 160 valence electrons. The average Bonchev–Trinajstić information content (AvgIpc) is 3.09. The summed E-state index contributed by atoms with van der Waals surface area (Å²) in [6.45, 7) is 5.60. The molecule has 2 heterocycles. The van der Waals surface area contributed by atoms with Gasteiger partial charge in [-0.1, -0.05) is 6.07 Å². The fraction of sp³-hybridized carbons (Fsp3) is 0.409. The van der Waals surface area contributed by atoms with E-state index in [4.69, 9.17) is 4.74 Å². The van der Waals surface area contributed by atoms with E-state index in [1.807, 2.05) is 31.2 Å². The predicted molar refractivity (Wildman–Crippen MR) is 117 cm³/mol. The van der Waals surface area contributed by atoms with Gasteiger partial charge in [-0.05, 0) is 49.2 Å². The van der Waals surface area contributed by atoms with Crippen molar-refractivity contribution in [2.24, 2.45) is 0 Å². The van der Waals surface area contributed by atoms with E-state index in [1.165, 1.54) is 6.92 Å². The van der Waals surface area contributed by atoms with Crippen LogP contribution in [-0.4, -0.2) is 58.0 Å². The van der Waals surface area contributed by atoms with E-state index in [0.717, 1.165) is 22.7 Å². The molecule has 2 aromatic rings. The summed E-state index contributed by atoms with van der Waals surface area (Å²) in [6.07, 6.45) is 0.669. The molecule has 0 bridgehead atoms. The molecule has 0 N–H and O–H groups in total. The first kappa shape index (κ1) is 20.7. The van der Waals surface area contributed by atoms with Gasteiger partial charge in [0.2, 0.25) is 15.9 Å². The van der Waals surface area contributed by atoms with Crippen molar-refractivity contribution in [1.29, 1.82) is 0 Å². The van der Waals surface area contributed by atoms with E-state index in [2.05, 4.69) is 4.90 Å². The molecule has 0 radical (unpaired) electrons. The van der Waals surface area contributed by atoms with Crippen LogP contribution in [0.4, 0.5) is 11.4 Å². The Morgan fingerprint density at radius 2 is 1.80 bits per heavy atom. The predicted octanol–water partition coefficient (Wildman–Crippen LogP) is 2.50. The van der Waals surface area contributed by atoms with Gasteiger partial charge in [-0.2, -0.15) is 4.31 Å². The number of benzene rings is 2. The molecule has 1 unspecified atom stereocenters. The Labute approximate surface area is 177 Å². The van der Waals surface area contributed by atoms with Gasteiger partial charge in [0.25, 0.3) is 0 Å². The molecule has 4 rings (SSSR count). The Bertz CT molecular complexity index is 1060. The molecular formula is C22H27N3O4S. The Morgan fingerprint density at radius 1 is 1.07 bits per heavy atom. The molecule has 1 atom stereocenters. The number of fused-ring (bicyclic) bond motifs is 1. The van der Waals surface area contributed by atoms with Crippen molar-refractivity contribution in [2.45, 2.75) is 31.2 Å². The smallest absolute Gasteiger partial charge is 0.243 e. The lowest BCUT2D eigenvalue weighted by Gasteiger charge is -2.35. The molecule has 0 aliphatic carbocycles. The first-order chi connectivity index (χ1) is 14.3. The molecule has 0 saturated carbocycles. The second-order valence-corrected chi connectivity index (χ2v) is 9.76. The first-order valence-electron chi connectivity index (χ1n) is 10.1. The van der Waals surface area contributed by atoms with Gasteiger partial charge < -0.3 is 14.5 Å². The lowest BCUT2D eigenvalue weighted by Crippen LogP contribution is -2.48. The molecule has 30 heavy (non-hydrogen) atoms. The fourth-order valence-corrected chi connectivity index (χ4v) is 5.86. The molecule has 2 aliphatic heterocycles. The van der Waals surface area contributed by atoms with E-state index in [-0.39, 0.29) is 11.9 Å². The molecule has 0 spiro atoms. The van der Waals surface area contributed by atoms with Gasteiger partial charge >= 0.3 is 0 Å². The zero-order valence-electron chi connectivity index (χ0n) is 17.5. The van der Waals surface area contributed by atoms with E-state index in [9.17, 15) is 13.2 Å². The summed E-state index contributed by atoms with van der Waals surface area (Å²) in [5, 5.41) is 0. The number of anilines is 2. The molecule has 8 heteroatoms. The van der Waals surface area contributed by atoms with Gasteiger partial charge in [0, 0.05) is 56.6 Å². The zero-order valence-corrected chi connectivity index (χ0v) is 18.4. The minimum Gasteiger partial charge on any atom is -0.497 e. The minimum atomic E-state index is -3.58. The largest absolute Gasteiger partial charge is 0.497 e. The topological polar surface area (TPSA) is 70.2 Å². The lowest BCUT2D eigenvalue weighted by molar-refractivity contribution is -0.116. The van der Waals surface area contributed by atoms with Crippen LogP contribution in [0.1, 0.15) is 19.4 Å². The van der Waals surface area contributed by atoms with Crippen LogP contribution >= 0.6 is 0 Å². The van der Waals surface area contributed by atoms with Crippen LogP contribution in [0.5, 0.6) is 5.75 Å². The highest BCUT2D eigenvalue weighted by molar-refractivity contribution is 7.89. The number of sulfonamides is 1. The van der Waals surface area contributed by atoms with Crippen molar-refractivity contribution in [2.75, 3.05) is 43.1 Å². The van der Waals surface area contributed by atoms with Crippen molar-refractivity contribution >= 4 is 27.3 Å². The zero-order chi connectivity index (χ0) is 21.5. The van der Waals surface area contributed by atoms with E-state index in [1.54, 1.807) is 34.5 Å². The van der Waals surface area contributed by atoms with E-state index < -0.39 is 10.0 Å². The molecule has 1 amide bonds. The summed E-state index contributed by atoms with van der Waals surface area (Å²) < 4.78 is 33.3. The Morgan fingerprint density at radius 3 is 2.47 bits per heavy atom.